The zero-order valence-electron chi connectivity index (χ0n) is 17.1. The summed E-state index contributed by atoms with van der Waals surface area (Å²) in [6.45, 7) is 3.56. The molecule has 31 heavy (non-hydrogen) atoms. The number of nitrogens with one attached hydrogen (secondary N) is 1. The number of halogens is 3. The van der Waals surface area contributed by atoms with Crippen molar-refractivity contribution >= 4 is 12.4 Å². The van der Waals surface area contributed by atoms with Gasteiger partial charge in [0.25, 0.3) is 6.47 Å². The van der Waals surface area contributed by atoms with Crippen molar-refractivity contribution in [1.29, 1.82) is 0 Å². The Morgan fingerprint density at radius 2 is 1.90 bits per heavy atom. The number of nitrogens with two attached hydrogens (primary N) is 1. The number of rotatable bonds is 8. The van der Waals surface area contributed by atoms with Crippen LogP contribution in [0.3, 0.4) is 0 Å². The van der Waals surface area contributed by atoms with Gasteiger partial charge in [0.2, 0.25) is 11.8 Å². The van der Waals surface area contributed by atoms with Gasteiger partial charge in [-0.05, 0) is 36.8 Å². The number of hydrogen-bond acceptors (Lipinski definition) is 6. The third kappa shape index (κ3) is 7.06. The first kappa shape index (κ1) is 24.3. The molecule has 1 aliphatic rings. The van der Waals surface area contributed by atoms with Gasteiger partial charge in [0, 0.05) is 24.4 Å². The van der Waals surface area contributed by atoms with Gasteiger partial charge in [0.1, 0.15) is 11.9 Å². The van der Waals surface area contributed by atoms with Gasteiger partial charge in [-0.3, -0.25) is 9.59 Å². The predicted octanol–water partition coefficient (Wildman–Crippen LogP) is 2.84. The number of carbonyl (C=O) groups excluding carboxylic acids is 1. The fourth-order valence-corrected chi connectivity index (χ4v) is 2.94. The average molecular weight is 442 g/mol. The second-order valence-electron chi connectivity index (χ2n) is 7.69. The Labute approximate surface area is 177 Å². The summed E-state index contributed by atoms with van der Waals surface area (Å²) in [7, 11) is 0. The lowest BCUT2D eigenvalue weighted by Crippen LogP contribution is -2.37. The second-order valence-corrected chi connectivity index (χ2v) is 7.69. The van der Waals surface area contributed by atoms with Crippen LogP contribution in [0.2, 0.25) is 0 Å². The molecule has 0 radical (unpaired) electrons. The quantitative estimate of drug-likeness (QED) is 0.423. The van der Waals surface area contributed by atoms with E-state index in [4.69, 9.17) is 20.2 Å². The van der Waals surface area contributed by atoms with Crippen LogP contribution < -0.4 is 11.1 Å². The van der Waals surface area contributed by atoms with Crippen molar-refractivity contribution in [1.82, 2.24) is 15.5 Å². The maximum atomic E-state index is 13.7. The largest absolute Gasteiger partial charge is 0.483 e. The van der Waals surface area contributed by atoms with E-state index in [0.717, 1.165) is 18.9 Å². The van der Waals surface area contributed by atoms with Crippen molar-refractivity contribution in [3.05, 3.63) is 46.9 Å². The molecule has 1 aromatic heterocycles. The summed E-state index contributed by atoms with van der Waals surface area (Å²) in [5, 5.41) is 13.7. The van der Waals surface area contributed by atoms with Gasteiger partial charge < -0.3 is 20.7 Å². The number of carboxylic acid groups (broad SMARTS) is 1. The third-order valence-corrected chi connectivity index (χ3v) is 4.67. The topological polar surface area (TPSA) is 131 Å². The zero-order valence-corrected chi connectivity index (χ0v) is 17.1. The summed E-state index contributed by atoms with van der Waals surface area (Å²) >= 11 is 0. The van der Waals surface area contributed by atoms with E-state index < -0.39 is 29.5 Å². The molecule has 0 bridgehead atoms. The minimum Gasteiger partial charge on any atom is -0.483 e. The Morgan fingerprint density at radius 3 is 2.48 bits per heavy atom. The molecule has 3 rings (SSSR count). The van der Waals surface area contributed by atoms with Crippen LogP contribution in [0, 0.1) is 23.4 Å². The van der Waals surface area contributed by atoms with Gasteiger partial charge in [-0.25, -0.2) is 13.2 Å². The van der Waals surface area contributed by atoms with Crippen molar-refractivity contribution < 1.29 is 32.4 Å². The van der Waals surface area contributed by atoms with Crippen LogP contribution in [0.5, 0.6) is 0 Å². The molecule has 0 spiro atoms. The summed E-state index contributed by atoms with van der Waals surface area (Å²) in [5.74, 6) is -2.37. The minimum absolute atomic E-state index is 0.00341. The Morgan fingerprint density at radius 1 is 1.29 bits per heavy atom. The molecular weight excluding hydrogens is 417 g/mol. The van der Waals surface area contributed by atoms with Crippen LogP contribution in [0.25, 0.3) is 0 Å². The lowest BCUT2D eigenvalue weighted by Gasteiger charge is -2.20. The Hall–Kier alpha value is -2.95. The SMILES string of the molecule is CC(C)C(NC(=O)C[C@H](N)Cc1cc(F)c(F)cc1F)c1nc(C2CC2)no1.O=CO. The molecule has 8 nitrogen and oxygen atoms in total. The first-order valence-corrected chi connectivity index (χ1v) is 9.75. The smallest absolute Gasteiger partial charge is 0.290 e. The highest BCUT2D eigenvalue weighted by atomic mass is 19.2. The maximum absolute atomic E-state index is 13.7. The third-order valence-electron chi connectivity index (χ3n) is 4.67. The molecule has 1 amide bonds. The highest BCUT2D eigenvalue weighted by Gasteiger charge is 2.31. The summed E-state index contributed by atoms with van der Waals surface area (Å²) in [6, 6.07) is -0.00665. The molecule has 1 aliphatic carbocycles. The van der Waals surface area contributed by atoms with Crippen molar-refractivity contribution in [2.75, 3.05) is 0 Å². The van der Waals surface area contributed by atoms with Crippen molar-refractivity contribution in [3.8, 4) is 0 Å². The van der Waals surface area contributed by atoms with Gasteiger partial charge in [-0.2, -0.15) is 4.98 Å². The number of nitrogens with zero attached hydrogens (tertiary/aromatic N) is 2. The van der Waals surface area contributed by atoms with Gasteiger partial charge in [0.05, 0.1) is 0 Å². The monoisotopic (exact) mass is 442 g/mol. The van der Waals surface area contributed by atoms with Crippen molar-refractivity contribution in [3.63, 3.8) is 0 Å². The van der Waals surface area contributed by atoms with Crippen LogP contribution in [0.4, 0.5) is 13.2 Å². The highest BCUT2D eigenvalue weighted by molar-refractivity contribution is 5.77. The fraction of sp³-hybridized carbons (Fsp3) is 0.500. The van der Waals surface area contributed by atoms with E-state index in [9.17, 15) is 18.0 Å². The molecular formula is C20H25F3N4O4. The van der Waals surface area contributed by atoms with E-state index in [-0.39, 0.29) is 36.7 Å². The minimum atomic E-state index is -1.27. The standard InChI is InChI=1S/C19H23F3N4O2.CH2O2/c1-9(2)17(19-25-18(26-28-19)10-3-4-10)24-16(27)7-12(23)5-11-6-14(21)15(22)8-13(11)20;2-1-3/h6,8-10,12,17H,3-5,7,23H2,1-2H3,(H,24,27);1H,(H,2,3)/t12-,17?;/m1./s1. The first-order valence-electron chi connectivity index (χ1n) is 9.75. The first-order chi connectivity index (χ1) is 14.7. The molecule has 1 unspecified atom stereocenters. The molecule has 1 saturated carbocycles. The summed E-state index contributed by atoms with van der Waals surface area (Å²) < 4.78 is 45.4. The molecule has 1 aromatic carbocycles. The summed E-state index contributed by atoms with van der Waals surface area (Å²) in [6.07, 6.45) is 1.85. The Balaban J connectivity index is 0.00000107. The van der Waals surface area contributed by atoms with E-state index in [1.165, 1.54) is 0 Å². The molecule has 2 atom stereocenters. The van der Waals surface area contributed by atoms with Gasteiger partial charge in [-0.15, -0.1) is 0 Å². The van der Waals surface area contributed by atoms with Crippen LogP contribution in [0.15, 0.2) is 16.7 Å². The predicted molar refractivity (Wildman–Crippen MR) is 103 cm³/mol. The molecule has 0 saturated heterocycles. The van der Waals surface area contributed by atoms with Crippen LogP contribution in [0.1, 0.15) is 62.3 Å². The van der Waals surface area contributed by atoms with Crippen LogP contribution >= 0.6 is 0 Å². The van der Waals surface area contributed by atoms with Crippen LogP contribution in [-0.2, 0) is 16.0 Å². The van der Waals surface area contributed by atoms with Crippen LogP contribution in [-0.4, -0.2) is 33.7 Å². The molecule has 170 valence electrons. The number of carbonyl (C=O) groups is 2. The average Bonchev–Trinajstić information content (AvgIpc) is 3.42. The van der Waals surface area contributed by atoms with E-state index in [1.54, 1.807) is 0 Å². The number of hydrogen-bond donors (Lipinski definition) is 3. The molecule has 1 heterocycles. The van der Waals surface area contributed by atoms with E-state index in [2.05, 4.69) is 15.5 Å². The summed E-state index contributed by atoms with van der Waals surface area (Å²) in [5.41, 5.74) is 5.83. The normalized spacial score (nSPS) is 15.1. The molecule has 11 heteroatoms. The van der Waals surface area contributed by atoms with E-state index >= 15 is 0 Å². The Bertz CT molecular complexity index is 903. The van der Waals surface area contributed by atoms with Crippen molar-refractivity contribution in [2.45, 2.75) is 57.5 Å². The molecule has 0 aliphatic heterocycles. The summed E-state index contributed by atoms with van der Waals surface area (Å²) in [4.78, 5) is 25.1. The Kier molecular flexibility index (Phi) is 8.55. The molecule has 4 N–H and O–H groups in total. The number of aromatic nitrogens is 2. The zero-order chi connectivity index (χ0) is 23.1. The fourth-order valence-electron chi connectivity index (χ4n) is 2.94. The second kappa shape index (κ2) is 10.9. The van der Waals surface area contributed by atoms with Gasteiger partial charge in [-0.1, -0.05) is 19.0 Å². The maximum Gasteiger partial charge on any atom is 0.290 e. The lowest BCUT2D eigenvalue weighted by atomic mass is 10.0. The number of benzene rings is 1. The highest BCUT2D eigenvalue weighted by Crippen LogP contribution is 2.38. The number of amides is 1. The van der Waals surface area contributed by atoms with Gasteiger partial charge >= 0.3 is 0 Å². The van der Waals surface area contributed by atoms with Gasteiger partial charge in [0.15, 0.2) is 17.5 Å². The molecule has 2 aromatic rings. The van der Waals surface area contributed by atoms with E-state index in [1.807, 2.05) is 13.8 Å². The van der Waals surface area contributed by atoms with Crippen molar-refractivity contribution in [2.24, 2.45) is 11.7 Å². The lowest BCUT2D eigenvalue weighted by molar-refractivity contribution is -0.123. The van der Waals surface area contributed by atoms with E-state index in [0.29, 0.717) is 23.7 Å². The molecule has 1 fully saturated rings.